The van der Waals surface area contributed by atoms with E-state index in [-0.39, 0.29) is 12.8 Å². The smallest absolute Gasteiger partial charge is 0.231 e. The van der Waals surface area contributed by atoms with E-state index in [0.717, 1.165) is 15.9 Å². The summed E-state index contributed by atoms with van der Waals surface area (Å²) < 4.78 is 11.7. The summed E-state index contributed by atoms with van der Waals surface area (Å²) in [6, 6.07) is 5.94. The SMILES string of the molecule is CC(Nc1cc2c(cc1Cl)OCO2)c1cc(Br)cs1. The Labute approximate surface area is 128 Å². The van der Waals surface area contributed by atoms with Crippen LogP contribution in [0.3, 0.4) is 0 Å². The summed E-state index contributed by atoms with van der Waals surface area (Å²) in [4.78, 5) is 1.24. The molecule has 0 spiro atoms. The number of fused-ring (bicyclic) bond motifs is 1. The van der Waals surface area contributed by atoms with Gasteiger partial charge in [0.1, 0.15) is 0 Å². The predicted octanol–water partition coefficient (Wildman–Crippen LogP) is 5.07. The van der Waals surface area contributed by atoms with Crippen molar-refractivity contribution in [3.8, 4) is 11.5 Å². The van der Waals surface area contributed by atoms with Crippen LogP contribution in [0.5, 0.6) is 11.5 Å². The molecule has 0 aliphatic carbocycles. The molecule has 0 bridgehead atoms. The monoisotopic (exact) mass is 359 g/mol. The second kappa shape index (κ2) is 5.23. The molecule has 100 valence electrons. The number of nitrogens with one attached hydrogen (secondary N) is 1. The van der Waals surface area contributed by atoms with Gasteiger partial charge in [-0.25, -0.2) is 0 Å². The highest BCUT2D eigenvalue weighted by atomic mass is 79.9. The first-order chi connectivity index (χ1) is 9.13. The molecule has 0 saturated carbocycles. The molecule has 1 aromatic carbocycles. The van der Waals surface area contributed by atoms with E-state index >= 15 is 0 Å². The van der Waals surface area contributed by atoms with Gasteiger partial charge in [0.25, 0.3) is 0 Å². The molecular formula is C13H11BrClNO2S. The van der Waals surface area contributed by atoms with Crippen LogP contribution in [0.4, 0.5) is 5.69 Å². The summed E-state index contributed by atoms with van der Waals surface area (Å²) in [6.07, 6.45) is 0. The summed E-state index contributed by atoms with van der Waals surface area (Å²) in [6.45, 7) is 2.35. The molecule has 2 heterocycles. The van der Waals surface area contributed by atoms with Crippen LogP contribution in [0, 0.1) is 0 Å². The molecule has 0 fully saturated rings. The zero-order valence-electron chi connectivity index (χ0n) is 10.1. The van der Waals surface area contributed by atoms with Crippen LogP contribution in [0.1, 0.15) is 17.8 Å². The third-order valence-corrected chi connectivity index (χ3v) is 5.04. The summed E-state index contributed by atoms with van der Waals surface area (Å²) in [5.41, 5.74) is 0.850. The Bertz CT molecular complexity index is 617. The quantitative estimate of drug-likeness (QED) is 0.829. The normalized spacial score (nSPS) is 14.5. The van der Waals surface area contributed by atoms with E-state index in [4.69, 9.17) is 21.1 Å². The lowest BCUT2D eigenvalue weighted by Crippen LogP contribution is -2.05. The van der Waals surface area contributed by atoms with Gasteiger partial charge >= 0.3 is 0 Å². The van der Waals surface area contributed by atoms with Gasteiger partial charge in [0, 0.05) is 26.9 Å². The minimum atomic E-state index is 0.175. The Kier molecular flexibility index (Phi) is 3.60. The van der Waals surface area contributed by atoms with Gasteiger partial charge in [-0.2, -0.15) is 0 Å². The maximum Gasteiger partial charge on any atom is 0.231 e. The molecule has 1 aromatic heterocycles. The molecule has 3 nitrogen and oxygen atoms in total. The summed E-state index contributed by atoms with van der Waals surface area (Å²) >= 11 is 11.4. The van der Waals surface area contributed by atoms with Crippen LogP contribution in [-0.4, -0.2) is 6.79 Å². The molecular weight excluding hydrogens is 350 g/mol. The lowest BCUT2D eigenvalue weighted by atomic mass is 10.2. The second-order valence-corrected chi connectivity index (χ2v) is 6.48. The highest BCUT2D eigenvalue weighted by Crippen LogP contribution is 2.40. The van der Waals surface area contributed by atoms with E-state index in [9.17, 15) is 0 Å². The van der Waals surface area contributed by atoms with E-state index in [0.29, 0.717) is 10.8 Å². The van der Waals surface area contributed by atoms with E-state index in [1.165, 1.54) is 4.88 Å². The van der Waals surface area contributed by atoms with E-state index in [2.05, 4.69) is 39.6 Å². The van der Waals surface area contributed by atoms with Crippen molar-refractivity contribution in [2.24, 2.45) is 0 Å². The number of rotatable bonds is 3. The molecule has 1 atom stereocenters. The third-order valence-electron chi connectivity index (χ3n) is 2.85. The Morgan fingerprint density at radius 2 is 2.05 bits per heavy atom. The Morgan fingerprint density at radius 1 is 1.32 bits per heavy atom. The number of benzene rings is 1. The van der Waals surface area contributed by atoms with Crippen molar-refractivity contribution < 1.29 is 9.47 Å². The molecule has 19 heavy (non-hydrogen) atoms. The maximum absolute atomic E-state index is 6.24. The Hall–Kier alpha value is -0.910. The minimum absolute atomic E-state index is 0.175. The van der Waals surface area contributed by atoms with Crippen LogP contribution in [0.25, 0.3) is 0 Å². The second-order valence-electron chi connectivity index (χ2n) is 4.22. The molecule has 1 aliphatic rings. The van der Waals surface area contributed by atoms with Crippen molar-refractivity contribution in [2.45, 2.75) is 13.0 Å². The standard InChI is InChI=1S/C13H11BrClNO2S/c1-7(13-2-8(14)5-19-13)16-10-4-12-11(3-9(10)15)17-6-18-12/h2-5,7,16H,6H2,1H3. The zero-order chi connectivity index (χ0) is 13.4. The van der Waals surface area contributed by atoms with Crippen molar-refractivity contribution in [3.05, 3.63) is 38.0 Å². The van der Waals surface area contributed by atoms with Gasteiger partial charge in [-0.1, -0.05) is 11.6 Å². The van der Waals surface area contributed by atoms with Crippen LogP contribution < -0.4 is 14.8 Å². The van der Waals surface area contributed by atoms with Gasteiger partial charge in [-0.15, -0.1) is 11.3 Å². The molecule has 0 radical (unpaired) electrons. The first kappa shape index (κ1) is 13.1. The van der Waals surface area contributed by atoms with Gasteiger partial charge in [-0.05, 0) is 28.9 Å². The highest BCUT2D eigenvalue weighted by Gasteiger charge is 2.18. The van der Waals surface area contributed by atoms with Gasteiger partial charge in [0.15, 0.2) is 11.5 Å². The van der Waals surface area contributed by atoms with E-state index < -0.39 is 0 Å². The van der Waals surface area contributed by atoms with Crippen LogP contribution >= 0.6 is 38.9 Å². The fraction of sp³-hybridized carbons (Fsp3) is 0.231. The minimum Gasteiger partial charge on any atom is -0.454 e. The molecule has 0 amide bonds. The van der Waals surface area contributed by atoms with Crippen molar-refractivity contribution in [1.29, 1.82) is 0 Å². The molecule has 1 unspecified atom stereocenters. The number of hydrogen-bond donors (Lipinski definition) is 1. The molecule has 1 N–H and O–H groups in total. The van der Waals surface area contributed by atoms with Crippen LogP contribution in [0.15, 0.2) is 28.1 Å². The molecule has 0 saturated heterocycles. The van der Waals surface area contributed by atoms with Gasteiger partial charge in [0.2, 0.25) is 6.79 Å². The van der Waals surface area contributed by atoms with Gasteiger partial charge in [-0.3, -0.25) is 0 Å². The van der Waals surface area contributed by atoms with Crippen molar-refractivity contribution in [1.82, 2.24) is 0 Å². The lowest BCUT2D eigenvalue weighted by Gasteiger charge is -2.15. The average molecular weight is 361 g/mol. The number of anilines is 1. The number of thiophene rings is 1. The van der Waals surface area contributed by atoms with Gasteiger partial charge < -0.3 is 14.8 Å². The molecule has 3 rings (SSSR count). The number of halogens is 2. The first-order valence-corrected chi connectivity index (χ1v) is 7.78. The van der Waals surface area contributed by atoms with Crippen LogP contribution in [0.2, 0.25) is 5.02 Å². The first-order valence-electron chi connectivity index (χ1n) is 5.73. The van der Waals surface area contributed by atoms with Crippen molar-refractivity contribution in [3.63, 3.8) is 0 Å². The molecule has 2 aromatic rings. The Balaban J connectivity index is 1.83. The zero-order valence-corrected chi connectivity index (χ0v) is 13.2. The number of hydrogen-bond acceptors (Lipinski definition) is 4. The largest absolute Gasteiger partial charge is 0.454 e. The summed E-state index contributed by atoms with van der Waals surface area (Å²) in [5.74, 6) is 1.42. The third kappa shape index (κ3) is 2.68. The highest BCUT2D eigenvalue weighted by molar-refractivity contribution is 9.10. The van der Waals surface area contributed by atoms with Crippen molar-refractivity contribution >= 4 is 44.6 Å². The molecule has 1 aliphatic heterocycles. The lowest BCUT2D eigenvalue weighted by molar-refractivity contribution is 0.174. The Morgan fingerprint density at radius 3 is 2.74 bits per heavy atom. The maximum atomic E-state index is 6.24. The fourth-order valence-corrected chi connectivity index (χ4v) is 3.55. The van der Waals surface area contributed by atoms with E-state index in [1.807, 2.05) is 6.07 Å². The van der Waals surface area contributed by atoms with E-state index in [1.54, 1.807) is 17.4 Å². The topological polar surface area (TPSA) is 30.5 Å². The summed E-state index contributed by atoms with van der Waals surface area (Å²) in [7, 11) is 0. The predicted molar refractivity (Wildman–Crippen MR) is 81.6 cm³/mol. The number of ether oxygens (including phenoxy) is 2. The van der Waals surface area contributed by atoms with Crippen molar-refractivity contribution in [2.75, 3.05) is 12.1 Å². The summed E-state index contributed by atoms with van der Waals surface area (Å²) in [5, 5.41) is 6.09. The fourth-order valence-electron chi connectivity index (χ4n) is 1.89. The van der Waals surface area contributed by atoms with Crippen LogP contribution in [-0.2, 0) is 0 Å². The molecule has 6 heteroatoms. The average Bonchev–Trinajstić information content (AvgIpc) is 2.98. The van der Waals surface area contributed by atoms with Gasteiger partial charge in [0.05, 0.1) is 16.8 Å².